The van der Waals surface area contributed by atoms with Gasteiger partial charge in [0, 0.05) is 12.3 Å². The van der Waals surface area contributed by atoms with Crippen LogP contribution in [0.3, 0.4) is 0 Å². The first kappa shape index (κ1) is 12.1. The first-order valence-corrected chi connectivity index (χ1v) is 6.27. The fourth-order valence-corrected chi connectivity index (χ4v) is 2.26. The first-order chi connectivity index (χ1) is 8.10. The lowest BCUT2D eigenvalue weighted by Crippen LogP contribution is -2.12. The summed E-state index contributed by atoms with van der Waals surface area (Å²) < 4.78 is 5.21. The van der Waals surface area contributed by atoms with E-state index < -0.39 is 0 Å². The number of hydrogen-bond acceptors (Lipinski definition) is 5. The SMILES string of the molecule is Cc1nc(C)c(C(=O)Nc2nc(CCl)cs2)o1. The number of aryl methyl sites for hydroxylation is 2. The quantitative estimate of drug-likeness (QED) is 0.872. The minimum Gasteiger partial charge on any atom is -0.436 e. The summed E-state index contributed by atoms with van der Waals surface area (Å²) in [4.78, 5) is 20.0. The molecule has 0 aromatic carbocycles. The average molecular weight is 272 g/mol. The molecule has 2 aromatic rings. The van der Waals surface area contributed by atoms with Crippen molar-refractivity contribution >= 4 is 34.0 Å². The summed E-state index contributed by atoms with van der Waals surface area (Å²) in [5, 5.41) is 4.94. The lowest BCUT2D eigenvalue weighted by Gasteiger charge is -1.97. The molecule has 1 N–H and O–H groups in total. The van der Waals surface area contributed by atoms with Crippen molar-refractivity contribution in [3.05, 3.63) is 28.4 Å². The number of carbonyl (C=O) groups is 1. The number of halogens is 1. The molecule has 0 unspecified atom stereocenters. The highest BCUT2D eigenvalue weighted by atomic mass is 35.5. The maximum atomic E-state index is 11.8. The molecule has 0 fully saturated rings. The monoisotopic (exact) mass is 271 g/mol. The number of rotatable bonds is 3. The Kier molecular flexibility index (Phi) is 3.44. The Bertz CT molecular complexity index is 549. The Morgan fingerprint density at radius 3 is 2.82 bits per heavy atom. The van der Waals surface area contributed by atoms with E-state index in [0.717, 1.165) is 5.69 Å². The fraction of sp³-hybridized carbons (Fsp3) is 0.300. The lowest BCUT2D eigenvalue weighted by molar-refractivity contribution is 0.0994. The largest absolute Gasteiger partial charge is 0.436 e. The van der Waals surface area contributed by atoms with Crippen molar-refractivity contribution in [2.75, 3.05) is 5.32 Å². The van der Waals surface area contributed by atoms with E-state index in [1.807, 2.05) is 0 Å². The predicted molar refractivity (Wildman–Crippen MR) is 65.6 cm³/mol. The Labute approximate surface area is 107 Å². The number of amides is 1. The highest BCUT2D eigenvalue weighted by molar-refractivity contribution is 7.14. The molecule has 90 valence electrons. The zero-order chi connectivity index (χ0) is 12.4. The predicted octanol–water partition coefficient (Wildman–Crippen LogP) is 2.74. The summed E-state index contributed by atoms with van der Waals surface area (Å²) in [6, 6.07) is 0. The van der Waals surface area contributed by atoms with Crippen molar-refractivity contribution in [3.63, 3.8) is 0 Å². The molecule has 2 heterocycles. The standard InChI is InChI=1S/C10H10ClN3O2S/c1-5-8(16-6(2)12-5)9(15)14-10-13-7(3-11)4-17-10/h4H,3H2,1-2H3,(H,13,14,15). The van der Waals surface area contributed by atoms with Crippen LogP contribution in [0, 0.1) is 13.8 Å². The van der Waals surface area contributed by atoms with E-state index in [-0.39, 0.29) is 11.7 Å². The number of anilines is 1. The lowest BCUT2D eigenvalue weighted by atomic mass is 10.3. The minimum absolute atomic E-state index is 0.213. The van der Waals surface area contributed by atoms with Gasteiger partial charge in [-0.25, -0.2) is 9.97 Å². The number of hydrogen-bond donors (Lipinski definition) is 1. The van der Waals surface area contributed by atoms with E-state index in [4.69, 9.17) is 16.0 Å². The highest BCUT2D eigenvalue weighted by Gasteiger charge is 2.17. The Balaban J connectivity index is 2.14. The molecule has 0 saturated carbocycles. The molecule has 0 radical (unpaired) electrons. The number of aromatic nitrogens is 2. The third-order valence-electron chi connectivity index (χ3n) is 2.02. The Morgan fingerprint density at radius 2 is 2.29 bits per heavy atom. The van der Waals surface area contributed by atoms with Crippen LogP contribution >= 0.6 is 22.9 Å². The number of nitrogens with zero attached hydrogens (tertiary/aromatic N) is 2. The zero-order valence-corrected chi connectivity index (χ0v) is 10.9. The van der Waals surface area contributed by atoms with E-state index in [0.29, 0.717) is 22.6 Å². The molecule has 0 saturated heterocycles. The summed E-state index contributed by atoms with van der Waals surface area (Å²) >= 11 is 6.95. The third kappa shape index (κ3) is 2.65. The normalized spacial score (nSPS) is 10.5. The number of nitrogens with one attached hydrogen (secondary N) is 1. The van der Waals surface area contributed by atoms with Crippen LogP contribution in [0.4, 0.5) is 5.13 Å². The van der Waals surface area contributed by atoms with Gasteiger partial charge in [0.15, 0.2) is 11.0 Å². The summed E-state index contributed by atoms with van der Waals surface area (Å²) in [5.41, 5.74) is 1.30. The summed E-state index contributed by atoms with van der Waals surface area (Å²) in [5.74, 6) is 0.657. The van der Waals surface area contributed by atoms with Crippen LogP contribution in [-0.4, -0.2) is 15.9 Å². The molecule has 1 amide bonds. The van der Waals surface area contributed by atoms with Crippen LogP contribution in [0.1, 0.15) is 27.8 Å². The van der Waals surface area contributed by atoms with Crippen LogP contribution in [0.2, 0.25) is 0 Å². The first-order valence-electron chi connectivity index (χ1n) is 4.86. The number of carbonyl (C=O) groups excluding carboxylic acids is 1. The van der Waals surface area contributed by atoms with E-state index in [1.54, 1.807) is 19.2 Å². The van der Waals surface area contributed by atoms with Crippen LogP contribution < -0.4 is 5.32 Å². The van der Waals surface area contributed by atoms with Gasteiger partial charge in [-0.05, 0) is 6.92 Å². The van der Waals surface area contributed by atoms with Gasteiger partial charge in [-0.15, -0.1) is 22.9 Å². The minimum atomic E-state index is -0.349. The molecular formula is C10H10ClN3O2S. The van der Waals surface area contributed by atoms with E-state index in [9.17, 15) is 4.79 Å². The third-order valence-corrected chi connectivity index (χ3v) is 3.10. The summed E-state index contributed by atoms with van der Waals surface area (Å²) in [7, 11) is 0. The van der Waals surface area contributed by atoms with Gasteiger partial charge in [0.1, 0.15) is 0 Å². The highest BCUT2D eigenvalue weighted by Crippen LogP contribution is 2.18. The van der Waals surface area contributed by atoms with Gasteiger partial charge in [0.2, 0.25) is 5.76 Å². The number of thiazole rings is 1. The molecule has 7 heteroatoms. The molecule has 2 rings (SSSR count). The van der Waals surface area contributed by atoms with Gasteiger partial charge < -0.3 is 4.42 Å². The van der Waals surface area contributed by atoms with Crippen molar-refractivity contribution in [2.24, 2.45) is 0 Å². The van der Waals surface area contributed by atoms with E-state index in [2.05, 4.69) is 15.3 Å². The summed E-state index contributed by atoms with van der Waals surface area (Å²) in [6.45, 7) is 3.41. The molecular weight excluding hydrogens is 262 g/mol. The molecule has 0 aliphatic rings. The van der Waals surface area contributed by atoms with Crippen LogP contribution in [-0.2, 0) is 5.88 Å². The second-order valence-electron chi connectivity index (χ2n) is 3.38. The van der Waals surface area contributed by atoms with Crippen molar-refractivity contribution < 1.29 is 9.21 Å². The Morgan fingerprint density at radius 1 is 1.53 bits per heavy atom. The van der Waals surface area contributed by atoms with Gasteiger partial charge in [-0.1, -0.05) is 0 Å². The van der Waals surface area contributed by atoms with E-state index >= 15 is 0 Å². The van der Waals surface area contributed by atoms with Crippen molar-refractivity contribution in [1.82, 2.24) is 9.97 Å². The number of oxazole rings is 1. The van der Waals surface area contributed by atoms with Gasteiger partial charge in [0.25, 0.3) is 5.91 Å². The molecule has 0 spiro atoms. The van der Waals surface area contributed by atoms with Gasteiger partial charge in [-0.3, -0.25) is 10.1 Å². The second-order valence-corrected chi connectivity index (χ2v) is 4.50. The molecule has 0 bridgehead atoms. The van der Waals surface area contributed by atoms with Gasteiger partial charge in [0.05, 0.1) is 17.3 Å². The van der Waals surface area contributed by atoms with Crippen LogP contribution in [0.15, 0.2) is 9.80 Å². The maximum Gasteiger partial charge on any atom is 0.295 e. The Hall–Kier alpha value is -1.40. The zero-order valence-electron chi connectivity index (χ0n) is 9.28. The maximum absolute atomic E-state index is 11.8. The number of alkyl halides is 1. The second kappa shape index (κ2) is 4.85. The topological polar surface area (TPSA) is 68.0 Å². The van der Waals surface area contributed by atoms with Crippen molar-refractivity contribution in [1.29, 1.82) is 0 Å². The molecule has 0 atom stereocenters. The molecule has 5 nitrogen and oxygen atoms in total. The van der Waals surface area contributed by atoms with E-state index in [1.165, 1.54) is 11.3 Å². The molecule has 0 aliphatic carbocycles. The van der Waals surface area contributed by atoms with Gasteiger partial charge in [-0.2, -0.15) is 0 Å². The average Bonchev–Trinajstić information content (AvgIpc) is 2.85. The summed E-state index contributed by atoms with van der Waals surface area (Å²) in [6.07, 6.45) is 0. The van der Waals surface area contributed by atoms with Crippen molar-refractivity contribution in [2.45, 2.75) is 19.7 Å². The molecule has 2 aromatic heterocycles. The molecule has 17 heavy (non-hydrogen) atoms. The molecule has 0 aliphatic heterocycles. The van der Waals surface area contributed by atoms with Crippen molar-refractivity contribution in [3.8, 4) is 0 Å². The van der Waals surface area contributed by atoms with Gasteiger partial charge >= 0.3 is 0 Å². The smallest absolute Gasteiger partial charge is 0.295 e. The van der Waals surface area contributed by atoms with Crippen LogP contribution in [0.5, 0.6) is 0 Å². The van der Waals surface area contributed by atoms with Crippen LogP contribution in [0.25, 0.3) is 0 Å². The fourth-order valence-electron chi connectivity index (χ4n) is 1.32.